The Kier molecular flexibility index (Phi) is 2.72. The lowest BCUT2D eigenvalue weighted by molar-refractivity contribution is 1.09. The Morgan fingerprint density at radius 2 is 1.84 bits per heavy atom. The molecule has 0 fully saturated rings. The van der Waals surface area contributed by atoms with Crippen LogP contribution in [0.3, 0.4) is 0 Å². The van der Waals surface area contributed by atoms with Crippen molar-refractivity contribution in [3.05, 3.63) is 52.8 Å². The summed E-state index contributed by atoms with van der Waals surface area (Å²) in [6, 6.07) is 9.72. The van der Waals surface area contributed by atoms with E-state index in [4.69, 9.17) is 17.3 Å². The van der Waals surface area contributed by atoms with E-state index in [0.29, 0.717) is 10.7 Å². The summed E-state index contributed by atoms with van der Waals surface area (Å²) in [5.41, 5.74) is 11.8. The van der Waals surface area contributed by atoms with Gasteiger partial charge in [0.1, 0.15) is 6.33 Å². The van der Waals surface area contributed by atoms with Crippen molar-refractivity contribution >= 4 is 28.3 Å². The van der Waals surface area contributed by atoms with Crippen LogP contribution in [0, 0.1) is 13.8 Å². The zero-order chi connectivity index (χ0) is 13.6. The van der Waals surface area contributed by atoms with E-state index in [1.807, 2.05) is 16.7 Å². The van der Waals surface area contributed by atoms with Gasteiger partial charge in [-0.05, 0) is 55.3 Å². The van der Waals surface area contributed by atoms with Crippen LogP contribution in [0.25, 0.3) is 16.7 Å². The van der Waals surface area contributed by atoms with Crippen LogP contribution in [0.5, 0.6) is 0 Å². The Labute approximate surface area is 116 Å². The predicted octanol–water partition coefficient (Wildman–Crippen LogP) is 3.88. The summed E-state index contributed by atoms with van der Waals surface area (Å²) in [6.45, 7) is 4.18. The van der Waals surface area contributed by atoms with Crippen molar-refractivity contribution in [1.82, 2.24) is 9.55 Å². The molecule has 0 spiro atoms. The van der Waals surface area contributed by atoms with Crippen LogP contribution >= 0.6 is 11.6 Å². The molecular weight excluding hydrogens is 258 g/mol. The van der Waals surface area contributed by atoms with E-state index in [-0.39, 0.29) is 0 Å². The Morgan fingerprint density at radius 3 is 2.58 bits per heavy atom. The van der Waals surface area contributed by atoms with Gasteiger partial charge in [-0.3, -0.25) is 4.57 Å². The third-order valence-corrected chi connectivity index (χ3v) is 3.70. The lowest BCUT2D eigenvalue weighted by atomic mass is 10.1. The van der Waals surface area contributed by atoms with E-state index in [2.05, 4.69) is 31.0 Å². The first-order valence-corrected chi connectivity index (χ1v) is 6.44. The Hall–Kier alpha value is -2.00. The van der Waals surface area contributed by atoms with Gasteiger partial charge in [-0.1, -0.05) is 11.6 Å². The van der Waals surface area contributed by atoms with E-state index in [0.717, 1.165) is 16.7 Å². The Bertz CT molecular complexity index is 774. The van der Waals surface area contributed by atoms with E-state index < -0.39 is 0 Å². The first-order chi connectivity index (χ1) is 9.06. The first-order valence-electron chi connectivity index (χ1n) is 6.06. The van der Waals surface area contributed by atoms with Crippen LogP contribution in [0.4, 0.5) is 5.69 Å². The molecule has 0 bridgehead atoms. The number of halogens is 1. The van der Waals surface area contributed by atoms with Gasteiger partial charge in [0, 0.05) is 5.69 Å². The highest BCUT2D eigenvalue weighted by molar-refractivity contribution is 6.32. The number of nitrogens with zero attached hydrogens (tertiary/aromatic N) is 2. The van der Waals surface area contributed by atoms with Crippen molar-refractivity contribution in [3.63, 3.8) is 0 Å². The normalized spacial score (nSPS) is 11.1. The molecule has 0 saturated carbocycles. The molecule has 0 amide bonds. The average molecular weight is 272 g/mol. The number of imidazole rings is 1. The van der Waals surface area contributed by atoms with Crippen molar-refractivity contribution in [2.24, 2.45) is 0 Å². The molecule has 3 aromatic rings. The third kappa shape index (κ3) is 1.96. The number of hydrogen-bond acceptors (Lipinski definition) is 2. The van der Waals surface area contributed by atoms with E-state index in [1.54, 1.807) is 12.4 Å². The molecule has 2 aromatic carbocycles. The van der Waals surface area contributed by atoms with E-state index in [1.165, 1.54) is 11.1 Å². The summed E-state index contributed by atoms with van der Waals surface area (Å²) in [7, 11) is 0. The average Bonchev–Trinajstić information content (AvgIpc) is 2.73. The molecule has 96 valence electrons. The maximum atomic E-state index is 6.26. The molecule has 0 radical (unpaired) electrons. The molecule has 0 aliphatic rings. The summed E-state index contributed by atoms with van der Waals surface area (Å²) in [6.07, 6.45) is 1.79. The first kappa shape index (κ1) is 12.1. The Morgan fingerprint density at radius 1 is 1.11 bits per heavy atom. The molecule has 0 atom stereocenters. The zero-order valence-electron chi connectivity index (χ0n) is 10.8. The fraction of sp³-hybridized carbons (Fsp3) is 0.133. The highest BCUT2D eigenvalue weighted by Crippen LogP contribution is 2.27. The van der Waals surface area contributed by atoms with Crippen LogP contribution in [0.2, 0.25) is 5.02 Å². The summed E-state index contributed by atoms with van der Waals surface area (Å²) >= 11 is 6.26. The zero-order valence-corrected chi connectivity index (χ0v) is 11.6. The number of nitrogen functional groups attached to an aromatic ring is 1. The van der Waals surface area contributed by atoms with Gasteiger partial charge in [0.2, 0.25) is 0 Å². The molecule has 19 heavy (non-hydrogen) atoms. The number of hydrogen-bond donors (Lipinski definition) is 1. The number of aryl methyl sites for hydroxylation is 2. The molecule has 0 unspecified atom stereocenters. The lowest BCUT2D eigenvalue weighted by Crippen LogP contribution is -1.95. The third-order valence-electron chi connectivity index (χ3n) is 3.39. The van der Waals surface area contributed by atoms with Gasteiger partial charge in [-0.2, -0.15) is 0 Å². The van der Waals surface area contributed by atoms with Crippen molar-refractivity contribution < 1.29 is 0 Å². The monoisotopic (exact) mass is 271 g/mol. The minimum absolute atomic E-state index is 0.623. The van der Waals surface area contributed by atoms with Crippen molar-refractivity contribution in [3.8, 4) is 5.69 Å². The predicted molar refractivity (Wildman–Crippen MR) is 80.0 cm³/mol. The molecule has 0 aliphatic carbocycles. The van der Waals surface area contributed by atoms with Gasteiger partial charge in [0.15, 0.2) is 0 Å². The number of benzene rings is 2. The fourth-order valence-corrected chi connectivity index (χ4v) is 2.45. The van der Waals surface area contributed by atoms with Gasteiger partial charge in [-0.15, -0.1) is 0 Å². The summed E-state index contributed by atoms with van der Waals surface area (Å²) in [4.78, 5) is 4.43. The van der Waals surface area contributed by atoms with Gasteiger partial charge in [-0.25, -0.2) is 4.98 Å². The smallest absolute Gasteiger partial charge is 0.100 e. The molecule has 4 heteroatoms. The van der Waals surface area contributed by atoms with Crippen LogP contribution in [-0.2, 0) is 0 Å². The van der Waals surface area contributed by atoms with Gasteiger partial charge < -0.3 is 5.73 Å². The van der Waals surface area contributed by atoms with Gasteiger partial charge in [0.25, 0.3) is 0 Å². The lowest BCUT2D eigenvalue weighted by Gasteiger charge is -2.08. The number of nitrogens with two attached hydrogens (primary N) is 1. The highest BCUT2D eigenvalue weighted by Gasteiger charge is 2.09. The van der Waals surface area contributed by atoms with Crippen molar-refractivity contribution in [2.45, 2.75) is 13.8 Å². The minimum Gasteiger partial charge on any atom is -0.399 e. The van der Waals surface area contributed by atoms with E-state index in [9.17, 15) is 0 Å². The molecule has 1 aromatic heterocycles. The summed E-state index contributed by atoms with van der Waals surface area (Å²) in [5.74, 6) is 0. The second-order valence-corrected chi connectivity index (χ2v) is 5.16. The maximum absolute atomic E-state index is 6.26. The second kappa shape index (κ2) is 4.28. The molecule has 0 aliphatic heterocycles. The van der Waals surface area contributed by atoms with Crippen LogP contribution in [0.1, 0.15) is 11.1 Å². The van der Waals surface area contributed by atoms with Crippen LogP contribution < -0.4 is 5.73 Å². The van der Waals surface area contributed by atoms with Crippen molar-refractivity contribution in [1.29, 1.82) is 0 Å². The molecular formula is C15H14ClN3. The minimum atomic E-state index is 0.623. The largest absolute Gasteiger partial charge is 0.399 e. The van der Waals surface area contributed by atoms with Crippen LogP contribution in [-0.4, -0.2) is 9.55 Å². The quantitative estimate of drug-likeness (QED) is 0.683. The second-order valence-electron chi connectivity index (χ2n) is 4.75. The number of fused-ring (bicyclic) bond motifs is 1. The highest BCUT2D eigenvalue weighted by atomic mass is 35.5. The van der Waals surface area contributed by atoms with Crippen LogP contribution in [0.15, 0.2) is 36.7 Å². The molecule has 3 rings (SSSR count). The summed E-state index contributed by atoms with van der Waals surface area (Å²) in [5, 5.41) is 0.623. The fourth-order valence-electron chi connectivity index (χ4n) is 2.17. The van der Waals surface area contributed by atoms with E-state index >= 15 is 0 Å². The summed E-state index contributed by atoms with van der Waals surface area (Å²) < 4.78 is 1.99. The number of anilines is 1. The number of rotatable bonds is 1. The molecule has 0 saturated heterocycles. The number of aromatic nitrogens is 2. The molecule has 3 nitrogen and oxygen atoms in total. The standard InChI is InChI=1S/C15H14ClN3/c1-9-5-13-15(6-10(9)2)19(8-18-13)14-4-3-11(17)7-12(14)16/h3-8H,17H2,1-2H3. The van der Waals surface area contributed by atoms with Gasteiger partial charge in [0.05, 0.1) is 21.7 Å². The molecule has 2 N–H and O–H groups in total. The van der Waals surface area contributed by atoms with Crippen molar-refractivity contribution in [2.75, 3.05) is 5.73 Å². The SMILES string of the molecule is Cc1cc2ncn(-c3ccc(N)cc3Cl)c2cc1C. The van der Waals surface area contributed by atoms with Gasteiger partial charge >= 0.3 is 0 Å². The molecule has 1 heterocycles. The maximum Gasteiger partial charge on any atom is 0.100 e. The Balaban J connectivity index is 2.28. The topological polar surface area (TPSA) is 43.8 Å².